The highest BCUT2D eigenvalue weighted by Crippen LogP contribution is 2.27. The molecule has 2 heterocycles. The molecular weight excluding hydrogens is 206 g/mol. The average Bonchev–Trinajstić information content (AvgIpc) is 2.66. The van der Waals surface area contributed by atoms with Crippen LogP contribution in [0, 0.1) is 0 Å². The quantitative estimate of drug-likeness (QED) is 0.570. The lowest BCUT2D eigenvalue weighted by atomic mass is 10.3. The van der Waals surface area contributed by atoms with Crippen LogP contribution in [0.5, 0.6) is 0 Å². The van der Waals surface area contributed by atoms with Crippen molar-refractivity contribution in [2.45, 2.75) is 0 Å². The molecule has 1 aromatic carbocycles. The van der Waals surface area contributed by atoms with Crippen molar-refractivity contribution in [1.82, 2.24) is 14.6 Å². The fourth-order valence-electron chi connectivity index (χ4n) is 1.35. The highest BCUT2D eigenvalue weighted by atomic mass is 35.5. The third-order valence-corrected chi connectivity index (χ3v) is 3.16. The minimum Gasteiger partial charge on any atom is -0.256 e. The van der Waals surface area contributed by atoms with Gasteiger partial charge < -0.3 is 0 Å². The summed E-state index contributed by atoms with van der Waals surface area (Å²) in [5.41, 5.74) is 1.07. The molecule has 3 rings (SSSR count). The second kappa shape index (κ2) is 2.43. The second-order valence-electron chi connectivity index (χ2n) is 2.66. The number of halogens is 1. The van der Waals surface area contributed by atoms with Crippen LogP contribution in [-0.2, 0) is 0 Å². The van der Waals surface area contributed by atoms with Crippen LogP contribution >= 0.6 is 22.9 Å². The Hall–Kier alpha value is -1.13. The van der Waals surface area contributed by atoms with Gasteiger partial charge in [0, 0.05) is 0 Å². The van der Waals surface area contributed by atoms with Crippen molar-refractivity contribution >= 4 is 38.1 Å². The molecule has 0 atom stereocenters. The number of benzene rings is 1. The summed E-state index contributed by atoms with van der Waals surface area (Å²) < 4.78 is 3.02. The summed E-state index contributed by atoms with van der Waals surface area (Å²) in [5, 5.41) is 8.17. The minimum absolute atomic E-state index is 0.424. The Balaban J connectivity index is 2.66. The van der Waals surface area contributed by atoms with Gasteiger partial charge in [0.15, 0.2) is 0 Å². The molecular formula is C8H4ClN3S. The lowest BCUT2D eigenvalue weighted by molar-refractivity contribution is 1.11. The maximum absolute atomic E-state index is 5.89. The zero-order valence-electron chi connectivity index (χ0n) is 6.44. The van der Waals surface area contributed by atoms with Crippen LogP contribution in [0.15, 0.2) is 24.3 Å². The van der Waals surface area contributed by atoms with Crippen LogP contribution in [0.25, 0.3) is 15.2 Å². The SMILES string of the molecule is Clc1nnc2sc3ccccc3n12. The maximum atomic E-state index is 5.89. The summed E-state index contributed by atoms with van der Waals surface area (Å²) in [5.74, 6) is 0. The van der Waals surface area contributed by atoms with E-state index in [0.717, 1.165) is 10.5 Å². The van der Waals surface area contributed by atoms with Crippen molar-refractivity contribution in [2.75, 3.05) is 0 Å². The van der Waals surface area contributed by atoms with Crippen LogP contribution in [0.1, 0.15) is 0 Å². The third kappa shape index (κ3) is 0.897. The number of aromatic nitrogens is 3. The molecule has 0 radical (unpaired) electrons. The molecule has 3 aromatic rings. The predicted molar refractivity (Wildman–Crippen MR) is 53.4 cm³/mol. The Labute approximate surface area is 82.6 Å². The maximum Gasteiger partial charge on any atom is 0.230 e. The van der Waals surface area contributed by atoms with Crippen molar-refractivity contribution in [3.05, 3.63) is 29.5 Å². The molecule has 13 heavy (non-hydrogen) atoms. The molecule has 0 fully saturated rings. The van der Waals surface area contributed by atoms with E-state index in [1.54, 1.807) is 11.3 Å². The van der Waals surface area contributed by atoms with E-state index < -0.39 is 0 Å². The van der Waals surface area contributed by atoms with Gasteiger partial charge in [0.2, 0.25) is 10.2 Å². The zero-order valence-corrected chi connectivity index (χ0v) is 8.01. The fraction of sp³-hybridized carbons (Fsp3) is 0. The van der Waals surface area contributed by atoms with Gasteiger partial charge in [0.05, 0.1) is 10.2 Å². The van der Waals surface area contributed by atoms with E-state index in [1.807, 2.05) is 28.7 Å². The van der Waals surface area contributed by atoms with Gasteiger partial charge in [0.1, 0.15) is 0 Å². The highest BCUT2D eigenvalue weighted by Gasteiger charge is 2.08. The van der Waals surface area contributed by atoms with Crippen molar-refractivity contribution in [3.63, 3.8) is 0 Å². The number of hydrogen-bond donors (Lipinski definition) is 0. The first-order valence-corrected chi connectivity index (χ1v) is 4.94. The molecule has 0 bridgehead atoms. The highest BCUT2D eigenvalue weighted by molar-refractivity contribution is 7.23. The number of hydrogen-bond acceptors (Lipinski definition) is 3. The second-order valence-corrected chi connectivity index (χ2v) is 4.00. The summed E-state index contributed by atoms with van der Waals surface area (Å²) in [6.07, 6.45) is 0. The normalized spacial score (nSPS) is 11.5. The van der Waals surface area contributed by atoms with Crippen LogP contribution in [0.2, 0.25) is 5.28 Å². The number of para-hydroxylation sites is 1. The molecule has 0 amide bonds. The van der Waals surface area contributed by atoms with Crippen LogP contribution in [0.3, 0.4) is 0 Å². The van der Waals surface area contributed by atoms with E-state index in [4.69, 9.17) is 11.6 Å². The minimum atomic E-state index is 0.424. The first-order chi connectivity index (χ1) is 6.36. The van der Waals surface area contributed by atoms with Crippen LogP contribution in [-0.4, -0.2) is 14.6 Å². The number of fused-ring (bicyclic) bond motifs is 3. The van der Waals surface area contributed by atoms with Gasteiger partial charge >= 0.3 is 0 Å². The van der Waals surface area contributed by atoms with Gasteiger partial charge in [0.25, 0.3) is 0 Å². The summed E-state index contributed by atoms with van der Waals surface area (Å²) in [4.78, 5) is 0.839. The molecule has 0 aliphatic rings. The molecule has 3 nitrogen and oxygen atoms in total. The van der Waals surface area contributed by atoms with Crippen molar-refractivity contribution in [3.8, 4) is 0 Å². The third-order valence-electron chi connectivity index (χ3n) is 1.90. The van der Waals surface area contributed by atoms with Crippen LogP contribution in [0.4, 0.5) is 0 Å². The Kier molecular flexibility index (Phi) is 1.36. The summed E-state index contributed by atoms with van der Waals surface area (Å²) in [7, 11) is 0. The molecule has 0 spiro atoms. The molecule has 5 heteroatoms. The molecule has 0 aliphatic carbocycles. The summed E-state index contributed by atoms with van der Waals surface area (Å²) in [6, 6.07) is 8.03. The Morgan fingerprint density at radius 3 is 3.00 bits per heavy atom. The van der Waals surface area contributed by atoms with Crippen molar-refractivity contribution in [2.24, 2.45) is 0 Å². The predicted octanol–water partition coefficient (Wildman–Crippen LogP) is 2.60. The van der Waals surface area contributed by atoms with E-state index in [0.29, 0.717) is 5.28 Å². The molecule has 0 N–H and O–H groups in total. The molecule has 64 valence electrons. The molecule has 0 aliphatic heterocycles. The monoisotopic (exact) mass is 209 g/mol. The van der Waals surface area contributed by atoms with Gasteiger partial charge in [-0.15, -0.1) is 10.2 Å². The summed E-state index contributed by atoms with van der Waals surface area (Å²) in [6.45, 7) is 0. The standard InChI is InChI=1S/C8H4ClN3S/c9-7-10-11-8-12(7)5-3-1-2-4-6(5)13-8/h1-4H. The number of thiazole rings is 1. The first-order valence-electron chi connectivity index (χ1n) is 3.74. The Morgan fingerprint density at radius 1 is 1.23 bits per heavy atom. The van der Waals surface area contributed by atoms with Crippen molar-refractivity contribution in [1.29, 1.82) is 0 Å². The Bertz CT molecular complexity index is 583. The lowest BCUT2D eigenvalue weighted by Crippen LogP contribution is -1.78. The van der Waals surface area contributed by atoms with Gasteiger partial charge in [-0.2, -0.15) is 0 Å². The van der Waals surface area contributed by atoms with Gasteiger partial charge in [-0.05, 0) is 23.7 Å². The number of nitrogens with zero attached hydrogens (tertiary/aromatic N) is 3. The summed E-state index contributed by atoms with van der Waals surface area (Å²) >= 11 is 7.48. The molecule has 0 saturated carbocycles. The first kappa shape index (κ1) is 7.29. The van der Waals surface area contributed by atoms with Gasteiger partial charge in [-0.1, -0.05) is 23.5 Å². The van der Waals surface area contributed by atoms with E-state index in [1.165, 1.54) is 4.70 Å². The topological polar surface area (TPSA) is 30.2 Å². The van der Waals surface area contributed by atoms with E-state index in [-0.39, 0.29) is 0 Å². The fourth-order valence-corrected chi connectivity index (χ4v) is 2.57. The van der Waals surface area contributed by atoms with Crippen LogP contribution < -0.4 is 0 Å². The van der Waals surface area contributed by atoms with Crippen molar-refractivity contribution < 1.29 is 0 Å². The molecule has 0 unspecified atom stereocenters. The lowest BCUT2D eigenvalue weighted by Gasteiger charge is -1.88. The smallest absolute Gasteiger partial charge is 0.230 e. The zero-order chi connectivity index (χ0) is 8.84. The van der Waals surface area contributed by atoms with Gasteiger partial charge in [-0.3, -0.25) is 4.40 Å². The van der Waals surface area contributed by atoms with E-state index >= 15 is 0 Å². The molecule has 2 aromatic heterocycles. The van der Waals surface area contributed by atoms with E-state index in [9.17, 15) is 0 Å². The number of rotatable bonds is 0. The molecule has 0 saturated heterocycles. The largest absolute Gasteiger partial charge is 0.256 e. The van der Waals surface area contributed by atoms with E-state index in [2.05, 4.69) is 10.2 Å². The Morgan fingerprint density at radius 2 is 2.08 bits per heavy atom. The average molecular weight is 210 g/mol. The van der Waals surface area contributed by atoms with Gasteiger partial charge in [-0.25, -0.2) is 0 Å².